The van der Waals surface area contributed by atoms with E-state index >= 15 is 0 Å². The molecule has 0 atom stereocenters. The molecule has 0 amide bonds. The summed E-state index contributed by atoms with van der Waals surface area (Å²) in [6, 6.07) is 2.10. The molecule has 0 spiro atoms. The lowest BCUT2D eigenvalue weighted by Crippen LogP contribution is -2.16. The Balaban J connectivity index is 2.12. The van der Waals surface area contributed by atoms with Gasteiger partial charge in [0.15, 0.2) is 0 Å². The van der Waals surface area contributed by atoms with E-state index in [0.29, 0.717) is 6.61 Å². The Morgan fingerprint density at radius 1 is 1.40 bits per heavy atom. The Kier molecular flexibility index (Phi) is 5.36. The zero-order valence-corrected chi connectivity index (χ0v) is 9.66. The second kappa shape index (κ2) is 6.58. The molecule has 1 rings (SSSR count). The first kappa shape index (κ1) is 12.2. The number of aliphatic hydroxyl groups is 1. The van der Waals surface area contributed by atoms with Crippen LogP contribution >= 0.6 is 0 Å². The van der Waals surface area contributed by atoms with E-state index in [-0.39, 0.29) is 0 Å². The second-order valence-corrected chi connectivity index (χ2v) is 3.86. The summed E-state index contributed by atoms with van der Waals surface area (Å²) in [4.78, 5) is 0. The third kappa shape index (κ3) is 4.44. The number of hydrogen-bond donors (Lipinski definition) is 2. The molecule has 2 N–H and O–H groups in total. The summed E-state index contributed by atoms with van der Waals surface area (Å²) in [5.41, 5.74) is 2.28. The number of aliphatic hydroxyl groups excluding tert-OH is 1. The van der Waals surface area contributed by atoms with Gasteiger partial charge in [0.2, 0.25) is 0 Å². The lowest BCUT2D eigenvalue weighted by atomic mass is 10.2. The first-order chi connectivity index (χ1) is 7.24. The predicted octanol–water partition coefficient (Wildman–Crippen LogP) is 0.981. The smallest absolute Gasteiger partial charge is 0.0597 e. The number of hydrogen-bond acceptors (Lipinski definition) is 3. The van der Waals surface area contributed by atoms with Crippen molar-refractivity contribution in [2.45, 2.75) is 32.7 Å². The fraction of sp³-hybridized carbons (Fsp3) is 0.727. The highest BCUT2D eigenvalue weighted by atomic mass is 16.2. The lowest BCUT2D eigenvalue weighted by molar-refractivity contribution is 0.283. The van der Waals surface area contributed by atoms with Crippen LogP contribution in [-0.4, -0.2) is 28.0 Å². The molecule has 4 nitrogen and oxygen atoms in total. The normalized spacial score (nSPS) is 10.9. The molecule has 0 aliphatic heterocycles. The van der Waals surface area contributed by atoms with Gasteiger partial charge in [-0.15, -0.1) is 0 Å². The van der Waals surface area contributed by atoms with E-state index < -0.39 is 0 Å². The Morgan fingerprint density at radius 2 is 2.20 bits per heavy atom. The van der Waals surface area contributed by atoms with Crippen molar-refractivity contribution in [2.75, 3.05) is 13.2 Å². The van der Waals surface area contributed by atoms with Crippen molar-refractivity contribution in [3.63, 3.8) is 0 Å². The van der Waals surface area contributed by atoms with Gasteiger partial charge in [-0.2, -0.15) is 5.10 Å². The Morgan fingerprint density at radius 3 is 2.80 bits per heavy atom. The maximum Gasteiger partial charge on any atom is 0.0597 e. The van der Waals surface area contributed by atoms with Crippen LogP contribution in [0.4, 0.5) is 0 Å². The number of nitrogens with zero attached hydrogens (tertiary/aromatic N) is 2. The highest BCUT2D eigenvalue weighted by molar-refractivity contribution is 5.08. The molecule has 15 heavy (non-hydrogen) atoms. The minimum absolute atomic E-state index is 0.306. The monoisotopic (exact) mass is 211 g/mol. The standard InChI is InChI=1S/C11H21N3O/c1-10-8-11(14(2)13-10)9-12-6-4-3-5-7-15/h8,12,15H,3-7,9H2,1-2H3. The van der Waals surface area contributed by atoms with E-state index in [0.717, 1.165) is 38.0 Å². The minimum Gasteiger partial charge on any atom is -0.396 e. The van der Waals surface area contributed by atoms with Crippen molar-refractivity contribution in [2.24, 2.45) is 7.05 Å². The molecule has 0 bridgehead atoms. The summed E-state index contributed by atoms with van der Waals surface area (Å²) in [5.74, 6) is 0. The zero-order chi connectivity index (χ0) is 11.1. The molecule has 0 aliphatic rings. The van der Waals surface area contributed by atoms with Crippen molar-refractivity contribution in [1.29, 1.82) is 0 Å². The molecule has 0 saturated heterocycles. The van der Waals surface area contributed by atoms with Gasteiger partial charge >= 0.3 is 0 Å². The molecule has 0 aromatic carbocycles. The van der Waals surface area contributed by atoms with E-state index in [2.05, 4.69) is 16.5 Å². The summed E-state index contributed by atoms with van der Waals surface area (Å²) >= 11 is 0. The van der Waals surface area contributed by atoms with Gasteiger partial charge in [0.1, 0.15) is 0 Å². The highest BCUT2D eigenvalue weighted by Gasteiger charge is 2.00. The average molecular weight is 211 g/mol. The van der Waals surface area contributed by atoms with Crippen LogP contribution in [0.25, 0.3) is 0 Å². The minimum atomic E-state index is 0.306. The van der Waals surface area contributed by atoms with Gasteiger partial charge in [0, 0.05) is 20.2 Å². The molecular formula is C11H21N3O. The summed E-state index contributed by atoms with van der Waals surface area (Å²) in [7, 11) is 1.97. The van der Waals surface area contributed by atoms with Crippen LogP contribution < -0.4 is 5.32 Å². The summed E-state index contributed by atoms with van der Waals surface area (Å²) < 4.78 is 1.91. The van der Waals surface area contributed by atoms with Crippen LogP contribution in [0, 0.1) is 6.92 Å². The van der Waals surface area contributed by atoms with E-state index in [1.54, 1.807) is 0 Å². The number of rotatable bonds is 7. The quantitative estimate of drug-likeness (QED) is 0.661. The molecule has 0 aliphatic carbocycles. The van der Waals surface area contributed by atoms with Crippen molar-refractivity contribution in [3.8, 4) is 0 Å². The number of aromatic nitrogens is 2. The van der Waals surface area contributed by atoms with Gasteiger partial charge in [-0.25, -0.2) is 0 Å². The molecule has 0 saturated carbocycles. The van der Waals surface area contributed by atoms with E-state index in [4.69, 9.17) is 5.11 Å². The highest BCUT2D eigenvalue weighted by Crippen LogP contribution is 2.01. The molecule has 4 heteroatoms. The largest absolute Gasteiger partial charge is 0.396 e. The van der Waals surface area contributed by atoms with Gasteiger partial charge < -0.3 is 10.4 Å². The third-order valence-corrected chi connectivity index (χ3v) is 2.42. The van der Waals surface area contributed by atoms with Crippen molar-refractivity contribution < 1.29 is 5.11 Å². The predicted molar refractivity (Wildman–Crippen MR) is 60.6 cm³/mol. The average Bonchev–Trinajstić information content (AvgIpc) is 2.51. The molecule has 0 radical (unpaired) electrons. The molecule has 1 heterocycles. The van der Waals surface area contributed by atoms with Crippen LogP contribution in [0.2, 0.25) is 0 Å². The molecule has 0 unspecified atom stereocenters. The van der Waals surface area contributed by atoms with Gasteiger partial charge in [-0.3, -0.25) is 4.68 Å². The number of aryl methyl sites for hydroxylation is 2. The number of nitrogens with one attached hydrogen (secondary N) is 1. The van der Waals surface area contributed by atoms with E-state index in [1.165, 1.54) is 5.69 Å². The van der Waals surface area contributed by atoms with Crippen molar-refractivity contribution >= 4 is 0 Å². The molecular weight excluding hydrogens is 190 g/mol. The maximum absolute atomic E-state index is 8.61. The molecule has 1 aromatic heterocycles. The maximum atomic E-state index is 8.61. The summed E-state index contributed by atoms with van der Waals surface area (Å²) in [5, 5.41) is 16.3. The Hall–Kier alpha value is -0.870. The summed E-state index contributed by atoms with van der Waals surface area (Å²) in [6.07, 6.45) is 3.12. The van der Waals surface area contributed by atoms with Crippen molar-refractivity contribution in [1.82, 2.24) is 15.1 Å². The van der Waals surface area contributed by atoms with Crippen LogP contribution in [0.1, 0.15) is 30.7 Å². The fourth-order valence-electron chi connectivity index (χ4n) is 1.58. The van der Waals surface area contributed by atoms with Gasteiger partial charge in [0.25, 0.3) is 0 Å². The third-order valence-electron chi connectivity index (χ3n) is 2.42. The molecule has 0 fully saturated rings. The van der Waals surface area contributed by atoms with Crippen LogP contribution in [-0.2, 0) is 13.6 Å². The zero-order valence-electron chi connectivity index (χ0n) is 9.66. The fourth-order valence-corrected chi connectivity index (χ4v) is 1.58. The molecule has 86 valence electrons. The Labute approximate surface area is 91.3 Å². The first-order valence-corrected chi connectivity index (χ1v) is 5.55. The number of unbranched alkanes of at least 4 members (excludes halogenated alkanes) is 2. The first-order valence-electron chi connectivity index (χ1n) is 5.55. The van der Waals surface area contributed by atoms with Gasteiger partial charge in [-0.05, 0) is 38.8 Å². The van der Waals surface area contributed by atoms with Gasteiger partial charge in [-0.1, -0.05) is 0 Å². The molecule has 1 aromatic rings. The second-order valence-electron chi connectivity index (χ2n) is 3.86. The van der Waals surface area contributed by atoms with Crippen LogP contribution in [0.3, 0.4) is 0 Å². The topological polar surface area (TPSA) is 50.1 Å². The van der Waals surface area contributed by atoms with E-state index in [1.807, 2.05) is 18.7 Å². The van der Waals surface area contributed by atoms with Gasteiger partial charge in [0.05, 0.1) is 11.4 Å². The summed E-state index contributed by atoms with van der Waals surface area (Å²) in [6.45, 7) is 4.19. The van der Waals surface area contributed by atoms with E-state index in [9.17, 15) is 0 Å². The SMILES string of the molecule is Cc1cc(CNCCCCCO)n(C)n1. The van der Waals surface area contributed by atoms with Crippen molar-refractivity contribution in [3.05, 3.63) is 17.5 Å². The Bertz CT molecular complexity index is 283. The van der Waals surface area contributed by atoms with Crippen LogP contribution in [0.5, 0.6) is 0 Å². The lowest BCUT2D eigenvalue weighted by Gasteiger charge is -2.04. The van der Waals surface area contributed by atoms with Crippen LogP contribution in [0.15, 0.2) is 6.07 Å².